The SMILES string of the molecule is COc1ccc(Cl)cc1CC(N)C(C)(C)N1CCCCC1. The Kier molecular flexibility index (Phi) is 5.53. The Morgan fingerprint density at radius 1 is 1.29 bits per heavy atom. The van der Waals surface area contributed by atoms with Gasteiger partial charge >= 0.3 is 0 Å². The monoisotopic (exact) mass is 310 g/mol. The number of rotatable bonds is 5. The van der Waals surface area contributed by atoms with Gasteiger partial charge in [0.1, 0.15) is 5.75 Å². The Morgan fingerprint density at radius 3 is 2.57 bits per heavy atom. The highest BCUT2D eigenvalue weighted by molar-refractivity contribution is 6.30. The molecule has 0 spiro atoms. The number of likely N-dealkylation sites (tertiary alicyclic amines) is 1. The standard InChI is InChI=1S/C17H27ClN2O/c1-17(2,20-9-5-4-6-10-20)16(19)12-13-11-14(18)7-8-15(13)21-3/h7-8,11,16H,4-6,9-10,12,19H2,1-3H3. The highest BCUT2D eigenvalue weighted by atomic mass is 35.5. The summed E-state index contributed by atoms with van der Waals surface area (Å²) in [6.45, 7) is 6.79. The number of nitrogens with two attached hydrogens (primary N) is 1. The van der Waals surface area contributed by atoms with Gasteiger partial charge < -0.3 is 10.5 Å². The fraction of sp³-hybridized carbons (Fsp3) is 0.647. The number of hydrogen-bond donors (Lipinski definition) is 1. The van der Waals surface area contributed by atoms with Gasteiger partial charge in [0, 0.05) is 16.6 Å². The lowest BCUT2D eigenvalue weighted by Crippen LogP contribution is -2.58. The maximum Gasteiger partial charge on any atom is 0.122 e. The van der Waals surface area contributed by atoms with Gasteiger partial charge in [-0.25, -0.2) is 0 Å². The van der Waals surface area contributed by atoms with Crippen LogP contribution in [-0.4, -0.2) is 36.7 Å². The van der Waals surface area contributed by atoms with E-state index in [0.717, 1.165) is 35.8 Å². The molecule has 0 bridgehead atoms. The smallest absolute Gasteiger partial charge is 0.122 e. The highest BCUT2D eigenvalue weighted by Crippen LogP contribution is 2.29. The minimum Gasteiger partial charge on any atom is -0.496 e. The van der Waals surface area contributed by atoms with E-state index in [4.69, 9.17) is 22.1 Å². The summed E-state index contributed by atoms with van der Waals surface area (Å²) in [5.74, 6) is 0.865. The minimum absolute atomic E-state index is 0.0201. The predicted octanol–water partition coefficient (Wildman–Crippen LogP) is 3.48. The lowest BCUT2D eigenvalue weighted by molar-refractivity contribution is 0.0730. The summed E-state index contributed by atoms with van der Waals surface area (Å²) in [6, 6.07) is 5.78. The number of piperidine rings is 1. The van der Waals surface area contributed by atoms with Crippen LogP contribution in [0.5, 0.6) is 5.75 Å². The molecule has 1 heterocycles. The highest BCUT2D eigenvalue weighted by Gasteiger charge is 2.34. The average molecular weight is 311 g/mol. The normalized spacial score (nSPS) is 18.5. The second kappa shape index (κ2) is 6.99. The average Bonchev–Trinajstić information content (AvgIpc) is 2.48. The molecule has 0 aliphatic carbocycles. The van der Waals surface area contributed by atoms with Crippen molar-refractivity contribution >= 4 is 11.6 Å². The van der Waals surface area contributed by atoms with E-state index in [2.05, 4.69) is 18.7 Å². The molecule has 3 nitrogen and oxygen atoms in total. The molecule has 1 aromatic carbocycles. The molecule has 0 radical (unpaired) electrons. The zero-order valence-corrected chi connectivity index (χ0v) is 14.1. The first-order valence-corrected chi connectivity index (χ1v) is 8.16. The van der Waals surface area contributed by atoms with Crippen molar-refractivity contribution in [3.05, 3.63) is 28.8 Å². The third-order valence-corrected chi connectivity index (χ3v) is 5.00. The van der Waals surface area contributed by atoms with Crippen molar-refractivity contribution in [3.63, 3.8) is 0 Å². The van der Waals surface area contributed by atoms with Gasteiger partial charge in [-0.2, -0.15) is 0 Å². The number of halogens is 1. The molecule has 118 valence electrons. The van der Waals surface area contributed by atoms with Crippen LogP contribution in [0.2, 0.25) is 5.02 Å². The van der Waals surface area contributed by atoms with Gasteiger partial charge in [-0.05, 0) is 70.0 Å². The van der Waals surface area contributed by atoms with Crippen LogP contribution in [0.15, 0.2) is 18.2 Å². The second-order valence-electron chi connectivity index (χ2n) is 6.47. The van der Waals surface area contributed by atoms with E-state index >= 15 is 0 Å². The van der Waals surface area contributed by atoms with Crippen molar-refractivity contribution < 1.29 is 4.74 Å². The summed E-state index contributed by atoms with van der Waals surface area (Å²) in [7, 11) is 1.69. The summed E-state index contributed by atoms with van der Waals surface area (Å²) in [5.41, 5.74) is 7.61. The van der Waals surface area contributed by atoms with E-state index in [1.165, 1.54) is 19.3 Å². The van der Waals surface area contributed by atoms with Crippen LogP contribution in [-0.2, 0) is 6.42 Å². The Balaban J connectivity index is 2.12. The van der Waals surface area contributed by atoms with Crippen LogP contribution < -0.4 is 10.5 Å². The predicted molar refractivity (Wildman–Crippen MR) is 89.2 cm³/mol. The van der Waals surface area contributed by atoms with E-state index in [9.17, 15) is 0 Å². The van der Waals surface area contributed by atoms with Gasteiger partial charge in [0.05, 0.1) is 7.11 Å². The van der Waals surface area contributed by atoms with Crippen LogP contribution >= 0.6 is 11.6 Å². The van der Waals surface area contributed by atoms with Crippen LogP contribution in [0.4, 0.5) is 0 Å². The molecule has 2 N–H and O–H groups in total. The van der Waals surface area contributed by atoms with Gasteiger partial charge in [-0.15, -0.1) is 0 Å². The van der Waals surface area contributed by atoms with Crippen LogP contribution in [0.3, 0.4) is 0 Å². The lowest BCUT2D eigenvalue weighted by atomic mass is 9.86. The molecule has 1 aliphatic rings. The molecule has 1 unspecified atom stereocenters. The molecule has 0 amide bonds. The Hall–Kier alpha value is -0.770. The van der Waals surface area contributed by atoms with E-state index in [-0.39, 0.29) is 11.6 Å². The third kappa shape index (κ3) is 3.91. The number of hydrogen-bond acceptors (Lipinski definition) is 3. The maximum absolute atomic E-state index is 6.55. The van der Waals surface area contributed by atoms with Crippen LogP contribution in [0.1, 0.15) is 38.7 Å². The fourth-order valence-corrected chi connectivity index (χ4v) is 3.29. The second-order valence-corrected chi connectivity index (χ2v) is 6.90. The number of benzene rings is 1. The molecular weight excluding hydrogens is 284 g/mol. The van der Waals surface area contributed by atoms with Gasteiger partial charge in [-0.3, -0.25) is 4.90 Å². The van der Waals surface area contributed by atoms with E-state index in [1.807, 2.05) is 18.2 Å². The Morgan fingerprint density at radius 2 is 1.95 bits per heavy atom. The Bertz CT molecular complexity index is 470. The maximum atomic E-state index is 6.55. The number of ether oxygens (including phenoxy) is 1. The fourth-order valence-electron chi connectivity index (χ4n) is 3.10. The zero-order valence-electron chi connectivity index (χ0n) is 13.4. The molecule has 1 saturated heterocycles. The first kappa shape index (κ1) is 16.6. The van der Waals surface area contributed by atoms with E-state index in [0.29, 0.717) is 0 Å². The molecule has 0 saturated carbocycles. The van der Waals surface area contributed by atoms with Crippen LogP contribution in [0.25, 0.3) is 0 Å². The summed E-state index contributed by atoms with van der Waals surface area (Å²) < 4.78 is 5.43. The molecule has 21 heavy (non-hydrogen) atoms. The van der Waals surface area contributed by atoms with Crippen molar-refractivity contribution in [2.75, 3.05) is 20.2 Å². The number of methoxy groups -OCH3 is 1. The first-order chi connectivity index (χ1) is 9.95. The quantitative estimate of drug-likeness (QED) is 0.905. The molecule has 1 fully saturated rings. The first-order valence-electron chi connectivity index (χ1n) is 7.78. The Labute approximate surface area is 133 Å². The summed E-state index contributed by atoms with van der Waals surface area (Å²) in [4.78, 5) is 2.53. The van der Waals surface area contributed by atoms with Gasteiger partial charge in [0.15, 0.2) is 0 Å². The van der Waals surface area contributed by atoms with Crippen molar-refractivity contribution in [1.29, 1.82) is 0 Å². The molecular formula is C17H27ClN2O. The largest absolute Gasteiger partial charge is 0.496 e. The molecule has 4 heteroatoms. The van der Waals surface area contributed by atoms with Crippen molar-refractivity contribution in [2.24, 2.45) is 5.73 Å². The zero-order chi connectivity index (χ0) is 15.5. The topological polar surface area (TPSA) is 38.5 Å². The molecule has 1 aliphatic heterocycles. The van der Waals surface area contributed by atoms with E-state index in [1.54, 1.807) is 7.11 Å². The van der Waals surface area contributed by atoms with Crippen molar-refractivity contribution in [2.45, 2.75) is 51.1 Å². The van der Waals surface area contributed by atoms with Crippen molar-refractivity contribution in [3.8, 4) is 5.75 Å². The molecule has 1 aromatic rings. The van der Waals surface area contributed by atoms with Gasteiger partial charge in [0.2, 0.25) is 0 Å². The summed E-state index contributed by atoms with van der Waals surface area (Å²) in [5, 5.41) is 0.730. The third-order valence-electron chi connectivity index (χ3n) is 4.76. The lowest BCUT2D eigenvalue weighted by Gasteiger charge is -2.44. The minimum atomic E-state index is -0.0201. The summed E-state index contributed by atoms with van der Waals surface area (Å²) in [6.07, 6.45) is 4.66. The summed E-state index contributed by atoms with van der Waals surface area (Å²) >= 11 is 6.11. The molecule has 1 atom stereocenters. The molecule has 2 rings (SSSR count). The number of nitrogens with zero attached hydrogens (tertiary/aromatic N) is 1. The van der Waals surface area contributed by atoms with Gasteiger partial charge in [0.25, 0.3) is 0 Å². The van der Waals surface area contributed by atoms with Gasteiger partial charge in [-0.1, -0.05) is 18.0 Å². The molecule has 0 aromatic heterocycles. The van der Waals surface area contributed by atoms with E-state index < -0.39 is 0 Å². The van der Waals surface area contributed by atoms with Crippen molar-refractivity contribution in [1.82, 2.24) is 4.90 Å². The van der Waals surface area contributed by atoms with Crippen LogP contribution in [0, 0.1) is 0 Å².